The lowest BCUT2D eigenvalue weighted by atomic mass is 9.62. The molecule has 5 nitrogen and oxygen atoms in total. The fraction of sp³-hybridized carbons (Fsp3) is 0.600. The van der Waals surface area contributed by atoms with Gasteiger partial charge in [-0.2, -0.15) is 0 Å². The molecule has 2 aliphatic heterocycles. The van der Waals surface area contributed by atoms with E-state index in [-0.39, 0.29) is 35.6 Å². The van der Waals surface area contributed by atoms with Crippen LogP contribution < -0.4 is 0 Å². The topological polar surface area (TPSA) is 72.8 Å². The first-order chi connectivity index (χ1) is 14.0. The van der Waals surface area contributed by atoms with Crippen molar-refractivity contribution in [3.05, 3.63) is 46.3 Å². The number of fused-ring (bicyclic) bond motifs is 1. The fourth-order valence-electron chi connectivity index (χ4n) is 5.92. The van der Waals surface area contributed by atoms with Gasteiger partial charge in [-0.1, -0.05) is 25.5 Å². The van der Waals surface area contributed by atoms with Gasteiger partial charge in [0.05, 0.1) is 11.7 Å². The summed E-state index contributed by atoms with van der Waals surface area (Å²) < 4.78 is 11.8. The van der Waals surface area contributed by atoms with Crippen LogP contribution in [-0.2, 0) is 19.1 Å². The highest BCUT2D eigenvalue weighted by atomic mass is 16.5. The van der Waals surface area contributed by atoms with Gasteiger partial charge in [0.1, 0.15) is 11.4 Å². The first-order valence-corrected chi connectivity index (χ1v) is 10.9. The van der Waals surface area contributed by atoms with Gasteiger partial charge in [-0.3, -0.25) is 4.79 Å². The number of aliphatic hydroxyl groups is 1. The summed E-state index contributed by atoms with van der Waals surface area (Å²) in [5, 5.41) is 11.6. The number of ether oxygens (including phenoxy) is 2. The number of esters is 1. The molecule has 0 bridgehead atoms. The highest BCUT2D eigenvalue weighted by Crippen LogP contribution is 2.57. The Balaban J connectivity index is 1.79. The molecule has 0 aromatic carbocycles. The molecule has 162 valence electrons. The van der Waals surface area contributed by atoms with Crippen molar-refractivity contribution in [2.24, 2.45) is 17.8 Å². The van der Waals surface area contributed by atoms with Crippen LogP contribution in [-0.4, -0.2) is 34.2 Å². The maximum absolute atomic E-state index is 13.8. The number of Topliss-reactive ketones (excluding diaryl/α,β-unsaturated/α-hetero) is 1. The van der Waals surface area contributed by atoms with Crippen molar-refractivity contribution < 1.29 is 24.2 Å². The van der Waals surface area contributed by atoms with E-state index in [2.05, 4.69) is 13.0 Å². The van der Waals surface area contributed by atoms with Crippen LogP contribution in [0.3, 0.4) is 0 Å². The van der Waals surface area contributed by atoms with Crippen molar-refractivity contribution in [1.29, 1.82) is 0 Å². The monoisotopic (exact) mass is 412 g/mol. The lowest BCUT2D eigenvalue weighted by Gasteiger charge is -2.42. The van der Waals surface area contributed by atoms with Gasteiger partial charge in [0.25, 0.3) is 0 Å². The number of hydrogen-bond acceptors (Lipinski definition) is 5. The van der Waals surface area contributed by atoms with Gasteiger partial charge in [0.15, 0.2) is 5.78 Å². The van der Waals surface area contributed by atoms with Gasteiger partial charge in [0.2, 0.25) is 0 Å². The number of carbonyl (C=O) groups excluding carboxylic acids is 2. The Morgan fingerprint density at radius 1 is 1.27 bits per heavy atom. The molecule has 1 N–H and O–H groups in total. The number of carbonyl (C=O) groups is 2. The average molecular weight is 413 g/mol. The van der Waals surface area contributed by atoms with E-state index in [0.717, 1.165) is 29.6 Å². The minimum atomic E-state index is -1.33. The molecule has 0 aromatic rings. The molecule has 6 atom stereocenters. The molecule has 2 aliphatic carbocycles. The van der Waals surface area contributed by atoms with Crippen LogP contribution in [0.5, 0.6) is 0 Å². The molecule has 1 saturated carbocycles. The quantitative estimate of drug-likeness (QED) is 0.556. The fourth-order valence-corrected chi connectivity index (χ4v) is 5.92. The second kappa shape index (κ2) is 7.03. The van der Waals surface area contributed by atoms with Gasteiger partial charge >= 0.3 is 5.97 Å². The van der Waals surface area contributed by atoms with Crippen LogP contribution in [0.1, 0.15) is 60.8 Å². The van der Waals surface area contributed by atoms with Crippen LogP contribution in [0.2, 0.25) is 0 Å². The van der Waals surface area contributed by atoms with Gasteiger partial charge in [-0.25, -0.2) is 4.79 Å². The molecule has 1 fully saturated rings. The molecule has 0 saturated heterocycles. The van der Waals surface area contributed by atoms with Crippen molar-refractivity contribution in [2.75, 3.05) is 0 Å². The van der Waals surface area contributed by atoms with E-state index in [9.17, 15) is 14.7 Å². The molecule has 0 amide bonds. The van der Waals surface area contributed by atoms with E-state index in [0.29, 0.717) is 17.8 Å². The summed E-state index contributed by atoms with van der Waals surface area (Å²) in [6, 6.07) is 0. The zero-order valence-electron chi connectivity index (χ0n) is 18.7. The number of ketones is 1. The number of hydrogen-bond donors (Lipinski definition) is 1. The number of rotatable bonds is 3. The summed E-state index contributed by atoms with van der Waals surface area (Å²) in [4.78, 5) is 25.4. The van der Waals surface area contributed by atoms with E-state index < -0.39 is 11.2 Å². The lowest BCUT2D eigenvalue weighted by molar-refractivity contribution is -0.146. The van der Waals surface area contributed by atoms with Crippen LogP contribution in [0.25, 0.3) is 0 Å². The summed E-state index contributed by atoms with van der Waals surface area (Å²) in [7, 11) is 0. The second-order valence-corrected chi connectivity index (χ2v) is 9.89. The first-order valence-electron chi connectivity index (χ1n) is 10.9. The Bertz CT molecular complexity index is 931. The molecule has 30 heavy (non-hydrogen) atoms. The van der Waals surface area contributed by atoms with Crippen LogP contribution in [0, 0.1) is 17.8 Å². The Kier molecular flexibility index (Phi) is 4.98. The van der Waals surface area contributed by atoms with E-state index in [1.54, 1.807) is 0 Å². The molecule has 0 spiro atoms. The van der Waals surface area contributed by atoms with Crippen LogP contribution >= 0.6 is 0 Å². The number of cyclic esters (lactones) is 1. The lowest BCUT2D eigenvalue weighted by Crippen LogP contribution is -2.55. The predicted molar refractivity (Wildman–Crippen MR) is 113 cm³/mol. The third-order valence-electron chi connectivity index (χ3n) is 7.52. The van der Waals surface area contributed by atoms with Gasteiger partial charge in [-0.05, 0) is 69.6 Å². The Morgan fingerprint density at radius 3 is 2.57 bits per heavy atom. The molecular formula is C25H32O5. The average Bonchev–Trinajstić information content (AvgIpc) is 3.24. The zero-order valence-corrected chi connectivity index (χ0v) is 18.7. The van der Waals surface area contributed by atoms with Gasteiger partial charge in [0, 0.05) is 24.0 Å². The summed E-state index contributed by atoms with van der Waals surface area (Å²) in [5.74, 6) is -0.118. The predicted octanol–water partition coefficient (Wildman–Crippen LogP) is 4.18. The molecular weight excluding hydrogens is 380 g/mol. The van der Waals surface area contributed by atoms with E-state index in [4.69, 9.17) is 9.47 Å². The van der Waals surface area contributed by atoms with Crippen LogP contribution in [0.15, 0.2) is 46.3 Å². The molecule has 6 unspecified atom stereocenters. The minimum absolute atomic E-state index is 0.0636. The maximum Gasteiger partial charge on any atom is 0.336 e. The largest absolute Gasteiger partial charge is 0.423 e. The third kappa shape index (κ3) is 2.97. The maximum atomic E-state index is 13.8. The van der Waals surface area contributed by atoms with Crippen molar-refractivity contribution in [2.45, 2.75) is 78.1 Å². The van der Waals surface area contributed by atoms with Gasteiger partial charge in [-0.15, -0.1) is 0 Å². The van der Waals surface area contributed by atoms with E-state index in [1.165, 1.54) is 6.08 Å². The molecule has 0 aromatic heterocycles. The smallest absolute Gasteiger partial charge is 0.336 e. The summed E-state index contributed by atoms with van der Waals surface area (Å²) in [6.07, 6.45) is 7.17. The van der Waals surface area contributed by atoms with E-state index in [1.807, 2.05) is 40.7 Å². The highest BCUT2D eigenvalue weighted by Gasteiger charge is 2.63. The summed E-state index contributed by atoms with van der Waals surface area (Å²) in [5.41, 5.74) is 1.31. The molecule has 0 radical (unpaired) electrons. The minimum Gasteiger partial charge on any atom is -0.423 e. The van der Waals surface area contributed by atoms with Crippen molar-refractivity contribution in [3.8, 4) is 0 Å². The Hall–Kier alpha value is -1.98. The summed E-state index contributed by atoms with van der Waals surface area (Å²) >= 11 is 0. The van der Waals surface area contributed by atoms with Crippen molar-refractivity contribution in [1.82, 2.24) is 0 Å². The van der Waals surface area contributed by atoms with E-state index >= 15 is 0 Å². The third-order valence-corrected chi connectivity index (χ3v) is 7.52. The second-order valence-electron chi connectivity index (χ2n) is 9.89. The SMILES string of the molecule is CC(C)=CC1OC(C)(CC=C2OC(=O)C=C2C)C2=C1C(C)C1CCC(C)C1(O)C2=O. The Morgan fingerprint density at radius 2 is 1.97 bits per heavy atom. The Labute approximate surface area is 178 Å². The summed E-state index contributed by atoms with van der Waals surface area (Å²) in [6.45, 7) is 11.9. The van der Waals surface area contributed by atoms with Crippen molar-refractivity contribution >= 4 is 11.8 Å². The number of allylic oxidation sites excluding steroid dienone is 2. The van der Waals surface area contributed by atoms with Crippen molar-refractivity contribution in [3.63, 3.8) is 0 Å². The molecule has 5 heteroatoms. The molecule has 2 heterocycles. The first kappa shape index (κ1) is 21.3. The zero-order chi connectivity index (χ0) is 22.0. The van der Waals surface area contributed by atoms with Crippen LogP contribution in [0.4, 0.5) is 0 Å². The van der Waals surface area contributed by atoms with Gasteiger partial charge < -0.3 is 14.6 Å². The molecule has 4 rings (SSSR count). The normalized spacial score (nSPS) is 41.7. The molecule has 4 aliphatic rings. The highest BCUT2D eigenvalue weighted by molar-refractivity contribution is 6.06. The standard InChI is InChI=1S/C25H32O5/c1-13(2)11-19-21-16(5)17-8-7-15(4)25(17,28)23(27)22(21)24(6,30-19)10-9-18-14(3)12-20(26)29-18/h9,11-12,15-17,19,28H,7-8,10H2,1-6H3.